The van der Waals surface area contributed by atoms with E-state index in [1.807, 2.05) is 12.1 Å². The maximum absolute atomic E-state index is 5.58. The first-order chi connectivity index (χ1) is 16.6. The van der Waals surface area contributed by atoms with Crippen molar-refractivity contribution in [1.29, 1.82) is 0 Å². The van der Waals surface area contributed by atoms with E-state index >= 15 is 0 Å². The Balaban J connectivity index is 1.39. The summed E-state index contributed by atoms with van der Waals surface area (Å²) in [6.45, 7) is 10.2. The molecule has 180 valence electrons. The highest BCUT2D eigenvalue weighted by atomic mass is 16.5. The van der Waals surface area contributed by atoms with Gasteiger partial charge < -0.3 is 24.2 Å². The van der Waals surface area contributed by atoms with E-state index in [4.69, 9.17) is 19.4 Å². The number of ether oxygens (including phenoxy) is 2. The van der Waals surface area contributed by atoms with Gasteiger partial charge in [0, 0.05) is 68.0 Å². The minimum absolute atomic E-state index is 0.488. The first-order valence-corrected chi connectivity index (χ1v) is 12.4. The molecule has 2 fully saturated rings. The van der Waals surface area contributed by atoms with Crippen molar-refractivity contribution in [2.24, 2.45) is 0 Å². The minimum Gasteiger partial charge on any atom is -0.493 e. The predicted octanol–water partition coefficient (Wildman–Crippen LogP) is 4.70. The molecule has 0 spiro atoms. The molecule has 0 N–H and O–H groups in total. The summed E-state index contributed by atoms with van der Waals surface area (Å²) in [5.41, 5.74) is 3.50. The van der Waals surface area contributed by atoms with Crippen LogP contribution in [-0.2, 0) is 0 Å². The number of piperazine rings is 1. The molecule has 2 aromatic carbocycles. The molecule has 2 aliphatic rings. The summed E-state index contributed by atoms with van der Waals surface area (Å²) < 4.78 is 11.1. The first kappa shape index (κ1) is 22.6. The molecule has 7 nitrogen and oxygen atoms in total. The van der Waals surface area contributed by atoms with E-state index in [-0.39, 0.29) is 0 Å². The number of nitrogens with zero attached hydrogens (tertiary/aromatic N) is 5. The fourth-order valence-electron chi connectivity index (χ4n) is 4.86. The maximum atomic E-state index is 5.58. The fraction of sp³-hybridized carbons (Fsp3) is 0.481. The standard InChI is InChI=1S/C27H35N5O2/c1-5-30(6-2)20-9-11-21(12-10-20)31-13-15-32(16-14-31)27-22-17-24(33-3)25(34-4)18-23(22)28-26(29-27)19-7-8-19/h9-12,17-19H,5-8,13-16H2,1-4H3. The van der Waals surface area contributed by atoms with Crippen LogP contribution in [0.4, 0.5) is 17.2 Å². The van der Waals surface area contributed by atoms with Gasteiger partial charge in [0.1, 0.15) is 11.6 Å². The highest BCUT2D eigenvalue weighted by Gasteiger charge is 2.29. The van der Waals surface area contributed by atoms with Crippen LogP contribution in [-0.4, -0.2) is 63.5 Å². The number of hydrogen-bond donors (Lipinski definition) is 0. The van der Waals surface area contributed by atoms with Crippen molar-refractivity contribution in [1.82, 2.24) is 9.97 Å². The molecule has 1 aromatic heterocycles. The molecule has 0 radical (unpaired) electrons. The quantitative estimate of drug-likeness (QED) is 0.482. The monoisotopic (exact) mass is 461 g/mol. The zero-order valence-corrected chi connectivity index (χ0v) is 20.8. The number of methoxy groups -OCH3 is 2. The summed E-state index contributed by atoms with van der Waals surface area (Å²) in [5.74, 6) is 3.89. The van der Waals surface area contributed by atoms with Crippen LogP contribution in [0.1, 0.15) is 38.4 Å². The summed E-state index contributed by atoms with van der Waals surface area (Å²) in [7, 11) is 3.34. The third kappa shape index (κ3) is 4.31. The molecular formula is C27H35N5O2. The van der Waals surface area contributed by atoms with E-state index in [2.05, 4.69) is 52.8 Å². The Morgan fingerprint density at radius 3 is 2.06 bits per heavy atom. The third-order valence-corrected chi connectivity index (χ3v) is 7.06. The Morgan fingerprint density at radius 1 is 0.853 bits per heavy atom. The third-order valence-electron chi connectivity index (χ3n) is 7.06. The van der Waals surface area contributed by atoms with E-state index in [9.17, 15) is 0 Å². The van der Waals surface area contributed by atoms with Gasteiger partial charge in [-0.05, 0) is 57.0 Å². The van der Waals surface area contributed by atoms with Gasteiger partial charge in [0.25, 0.3) is 0 Å². The van der Waals surface area contributed by atoms with Crippen molar-refractivity contribution in [2.45, 2.75) is 32.6 Å². The topological polar surface area (TPSA) is 54.0 Å². The van der Waals surface area contributed by atoms with Gasteiger partial charge in [-0.2, -0.15) is 0 Å². The lowest BCUT2D eigenvalue weighted by atomic mass is 10.1. The van der Waals surface area contributed by atoms with Gasteiger partial charge >= 0.3 is 0 Å². The normalized spacial score (nSPS) is 16.1. The van der Waals surface area contributed by atoms with Crippen LogP contribution in [0, 0.1) is 0 Å². The molecule has 0 unspecified atom stereocenters. The Labute approximate surface area is 202 Å². The Bertz CT molecular complexity index is 1130. The summed E-state index contributed by atoms with van der Waals surface area (Å²) in [6.07, 6.45) is 2.35. The van der Waals surface area contributed by atoms with Crippen LogP contribution in [0.25, 0.3) is 10.9 Å². The van der Waals surface area contributed by atoms with Gasteiger partial charge in [0.05, 0.1) is 19.7 Å². The van der Waals surface area contributed by atoms with Gasteiger partial charge in [0.15, 0.2) is 11.5 Å². The SMILES string of the molecule is CCN(CC)c1ccc(N2CCN(c3nc(C4CC4)nc4cc(OC)c(OC)cc34)CC2)cc1. The van der Waals surface area contributed by atoms with E-state index in [0.717, 1.165) is 61.8 Å². The summed E-state index contributed by atoms with van der Waals surface area (Å²) in [5, 5.41) is 1.03. The Morgan fingerprint density at radius 2 is 1.47 bits per heavy atom. The number of fused-ring (bicyclic) bond motifs is 1. The van der Waals surface area contributed by atoms with E-state index in [1.165, 1.54) is 24.2 Å². The average molecular weight is 462 g/mol. The lowest BCUT2D eigenvalue weighted by Crippen LogP contribution is -2.47. The van der Waals surface area contributed by atoms with Crippen LogP contribution in [0.5, 0.6) is 11.5 Å². The first-order valence-electron chi connectivity index (χ1n) is 12.4. The number of anilines is 3. The molecule has 0 atom stereocenters. The fourth-order valence-corrected chi connectivity index (χ4v) is 4.86. The van der Waals surface area contributed by atoms with Crippen LogP contribution in [0.2, 0.25) is 0 Å². The highest BCUT2D eigenvalue weighted by molar-refractivity contribution is 5.92. The van der Waals surface area contributed by atoms with Crippen molar-refractivity contribution in [3.05, 3.63) is 42.2 Å². The highest BCUT2D eigenvalue weighted by Crippen LogP contribution is 2.42. The van der Waals surface area contributed by atoms with Gasteiger partial charge in [0.2, 0.25) is 0 Å². The van der Waals surface area contributed by atoms with Crippen LogP contribution in [0.3, 0.4) is 0 Å². The predicted molar refractivity (Wildman–Crippen MR) is 139 cm³/mol. The largest absolute Gasteiger partial charge is 0.493 e. The summed E-state index contributed by atoms with van der Waals surface area (Å²) in [6, 6.07) is 13.0. The molecule has 3 aromatic rings. The van der Waals surface area contributed by atoms with Crippen LogP contribution >= 0.6 is 0 Å². The molecule has 2 heterocycles. The number of benzene rings is 2. The molecule has 1 saturated heterocycles. The average Bonchev–Trinajstić information content (AvgIpc) is 3.74. The van der Waals surface area contributed by atoms with Gasteiger partial charge in [-0.1, -0.05) is 0 Å². The smallest absolute Gasteiger partial charge is 0.162 e. The van der Waals surface area contributed by atoms with Crippen molar-refractivity contribution in [3.63, 3.8) is 0 Å². The van der Waals surface area contributed by atoms with Crippen LogP contribution < -0.4 is 24.2 Å². The molecule has 1 aliphatic carbocycles. The summed E-state index contributed by atoms with van der Waals surface area (Å²) in [4.78, 5) is 17.2. The van der Waals surface area contributed by atoms with E-state index < -0.39 is 0 Å². The van der Waals surface area contributed by atoms with Crippen molar-refractivity contribution in [3.8, 4) is 11.5 Å². The Kier molecular flexibility index (Phi) is 6.35. The zero-order chi connectivity index (χ0) is 23.7. The molecule has 0 bridgehead atoms. The van der Waals surface area contributed by atoms with Crippen molar-refractivity contribution < 1.29 is 9.47 Å². The zero-order valence-electron chi connectivity index (χ0n) is 20.8. The molecule has 7 heteroatoms. The van der Waals surface area contributed by atoms with Gasteiger partial charge in [-0.15, -0.1) is 0 Å². The van der Waals surface area contributed by atoms with E-state index in [0.29, 0.717) is 17.4 Å². The van der Waals surface area contributed by atoms with Gasteiger partial charge in [-0.3, -0.25) is 0 Å². The minimum atomic E-state index is 0.488. The molecule has 1 aliphatic heterocycles. The van der Waals surface area contributed by atoms with Crippen molar-refractivity contribution >= 4 is 28.1 Å². The second-order valence-electron chi connectivity index (χ2n) is 9.07. The number of aromatic nitrogens is 2. The lowest BCUT2D eigenvalue weighted by molar-refractivity contribution is 0.355. The lowest BCUT2D eigenvalue weighted by Gasteiger charge is -2.37. The van der Waals surface area contributed by atoms with Gasteiger partial charge in [-0.25, -0.2) is 9.97 Å². The number of rotatable bonds is 8. The van der Waals surface area contributed by atoms with E-state index in [1.54, 1.807) is 14.2 Å². The second-order valence-corrected chi connectivity index (χ2v) is 9.07. The number of hydrogen-bond acceptors (Lipinski definition) is 7. The maximum Gasteiger partial charge on any atom is 0.162 e. The molecule has 0 amide bonds. The molecule has 34 heavy (non-hydrogen) atoms. The van der Waals surface area contributed by atoms with Crippen molar-refractivity contribution in [2.75, 3.05) is 68.2 Å². The molecule has 1 saturated carbocycles. The molecule has 5 rings (SSSR count). The molecular weight excluding hydrogens is 426 g/mol. The van der Waals surface area contributed by atoms with Crippen LogP contribution in [0.15, 0.2) is 36.4 Å². The Hall–Kier alpha value is -3.22. The summed E-state index contributed by atoms with van der Waals surface area (Å²) >= 11 is 0. The second kappa shape index (κ2) is 9.57.